The van der Waals surface area contributed by atoms with Gasteiger partial charge in [-0.3, -0.25) is 0 Å². The molecule has 0 aliphatic heterocycles. The first-order valence-corrected chi connectivity index (χ1v) is 11.1. The summed E-state index contributed by atoms with van der Waals surface area (Å²) in [5, 5.41) is 0. The largest absolute Gasteiger partial charge is 1.00 e. The van der Waals surface area contributed by atoms with E-state index in [4.69, 9.17) is 0 Å². The van der Waals surface area contributed by atoms with Gasteiger partial charge in [0.25, 0.3) is 0 Å². The molecule has 0 nitrogen and oxygen atoms in total. The fourth-order valence-electron chi connectivity index (χ4n) is 2.91. The van der Waals surface area contributed by atoms with E-state index in [0.717, 1.165) is 12.8 Å². The van der Waals surface area contributed by atoms with Gasteiger partial charge in [-0.15, -0.1) is 36.4 Å². The van der Waals surface area contributed by atoms with Gasteiger partial charge in [0, 0.05) is 0 Å². The van der Waals surface area contributed by atoms with E-state index in [1.54, 1.807) is 0 Å². The Kier molecular flexibility index (Phi) is 27.9. The van der Waals surface area contributed by atoms with E-state index in [0.29, 0.717) is 0 Å². The summed E-state index contributed by atoms with van der Waals surface area (Å²) in [4.78, 5) is 0. The molecule has 36 heavy (non-hydrogen) atoms. The molecule has 0 heterocycles. The second-order valence-corrected chi connectivity index (χ2v) is 7.12. The van der Waals surface area contributed by atoms with Crippen molar-refractivity contribution < 1.29 is 56.6 Å². The minimum absolute atomic E-state index is 0. The average molecular weight is 454 g/mol. The van der Waals surface area contributed by atoms with Crippen LogP contribution in [0, 0.1) is 19.3 Å². The second-order valence-electron chi connectivity index (χ2n) is 7.12. The van der Waals surface area contributed by atoms with Crippen molar-refractivity contribution in [2.75, 3.05) is 0 Å². The molecule has 3 heteroatoms. The molecule has 0 fully saturated rings. The smallest absolute Gasteiger partial charge is 0.192 e. The van der Waals surface area contributed by atoms with Crippen LogP contribution in [-0.2, 0) is 0 Å². The SMILES string of the molecule is C.C=Cc1ccccc1.C[CH-]c1ccccc1.[Li+].[Li+].[Li+].c1ccc([CH-]CC[CH-]c2ccccc2)cc1. The molecule has 0 bridgehead atoms. The zero-order chi connectivity index (χ0) is 22.7. The summed E-state index contributed by atoms with van der Waals surface area (Å²) >= 11 is 0. The Balaban J connectivity index is -0.000000469. The topological polar surface area (TPSA) is 0 Å². The zero-order valence-corrected chi connectivity index (χ0v) is 22.0. The summed E-state index contributed by atoms with van der Waals surface area (Å²) in [7, 11) is 0. The van der Waals surface area contributed by atoms with Gasteiger partial charge in [0.15, 0.2) is 0 Å². The van der Waals surface area contributed by atoms with Gasteiger partial charge in [0.1, 0.15) is 0 Å². The van der Waals surface area contributed by atoms with Gasteiger partial charge in [-0.2, -0.15) is 72.4 Å². The Bertz CT molecular complexity index is 915. The van der Waals surface area contributed by atoms with E-state index in [9.17, 15) is 0 Å². The third-order valence-corrected chi connectivity index (χ3v) is 4.69. The molecule has 0 saturated carbocycles. The van der Waals surface area contributed by atoms with Gasteiger partial charge in [0.2, 0.25) is 0 Å². The number of hydrogen-bond acceptors (Lipinski definition) is 0. The molecular formula is C33H37Li3. The predicted molar refractivity (Wildman–Crippen MR) is 148 cm³/mol. The number of rotatable bonds is 7. The first-order valence-electron chi connectivity index (χ1n) is 11.1. The molecule has 0 radical (unpaired) electrons. The molecule has 0 spiro atoms. The summed E-state index contributed by atoms with van der Waals surface area (Å²) in [5.74, 6) is 0. The third-order valence-electron chi connectivity index (χ3n) is 4.69. The van der Waals surface area contributed by atoms with Gasteiger partial charge >= 0.3 is 56.6 Å². The molecule has 0 saturated heterocycles. The van der Waals surface area contributed by atoms with Crippen LogP contribution in [0.4, 0.5) is 0 Å². The zero-order valence-electron chi connectivity index (χ0n) is 22.0. The second kappa shape index (κ2) is 26.1. The van der Waals surface area contributed by atoms with Crippen LogP contribution >= 0.6 is 0 Å². The molecule has 0 unspecified atom stereocenters. The number of hydrogen-bond donors (Lipinski definition) is 0. The summed E-state index contributed by atoms with van der Waals surface area (Å²) in [6.07, 6.45) is 10.7. The van der Waals surface area contributed by atoms with Crippen molar-refractivity contribution in [3.05, 3.63) is 169 Å². The van der Waals surface area contributed by atoms with Crippen LogP contribution in [0.5, 0.6) is 0 Å². The molecule has 4 aromatic rings. The molecule has 0 aliphatic carbocycles. The quantitative estimate of drug-likeness (QED) is 0.217. The molecule has 0 N–H and O–H groups in total. The van der Waals surface area contributed by atoms with Crippen molar-refractivity contribution in [1.29, 1.82) is 0 Å². The maximum atomic E-state index is 3.63. The Morgan fingerprint density at radius 1 is 0.528 bits per heavy atom. The molecule has 4 rings (SSSR count). The molecule has 172 valence electrons. The van der Waals surface area contributed by atoms with Crippen molar-refractivity contribution in [2.45, 2.75) is 27.2 Å². The number of benzene rings is 4. The van der Waals surface area contributed by atoms with Gasteiger partial charge < -0.3 is 0 Å². The fourth-order valence-corrected chi connectivity index (χ4v) is 2.91. The minimum Gasteiger partial charge on any atom is -0.192 e. The van der Waals surface area contributed by atoms with Gasteiger partial charge in [-0.1, -0.05) is 88.4 Å². The van der Waals surface area contributed by atoms with Crippen molar-refractivity contribution in [3.63, 3.8) is 0 Å². The van der Waals surface area contributed by atoms with Crippen molar-refractivity contribution in [1.82, 2.24) is 0 Å². The molecule has 0 amide bonds. The van der Waals surface area contributed by atoms with Crippen LogP contribution in [-0.4, -0.2) is 0 Å². The molecule has 0 aliphatic rings. The predicted octanol–water partition coefficient (Wildman–Crippen LogP) is 0.508. The summed E-state index contributed by atoms with van der Waals surface area (Å²) < 4.78 is 0. The molecule has 0 atom stereocenters. The first kappa shape index (κ1) is 38.6. The first-order chi connectivity index (χ1) is 15.8. The van der Waals surface area contributed by atoms with E-state index in [1.165, 1.54) is 22.3 Å². The normalized spacial score (nSPS) is 8.14. The molecule has 4 aromatic carbocycles. The number of unbranched alkanes of at least 4 members (excludes halogenated alkanes) is 1. The minimum atomic E-state index is 0. The third kappa shape index (κ3) is 18.3. The summed E-state index contributed by atoms with van der Waals surface area (Å²) in [6.45, 7) is 5.67. The van der Waals surface area contributed by atoms with Gasteiger partial charge in [0.05, 0.1) is 0 Å². The van der Waals surface area contributed by atoms with Crippen LogP contribution < -0.4 is 56.6 Å². The average Bonchev–Trinajstić information content (AvgIpc) is 2.89. The van der Waals surface area contributed by atoms with Crippen LogP contribution in [0.15, 0.2) is 128 Å². The Morgan fingerprint density at radius 2 is 0.833 bits per heavy atom. The van der Waals surface area contributed by atoms with Crippen LogP contribution in [0.25, 0.3) is 6.08 Å². The van der Waals surface area contributed by atoms with E-state index >= 15 is 0 Å². The monoisotopic (exact) mass is 454 g/mol. The Labute approximate surface area is 257 Å². The molecule has 0 aromatic heterocycles. The van der Waals surface area contributed by atoms with Crippen molar-refractivity contribution >= 4 is 6.08 Å². The van der Waals surface area contributed by atoms with E-state index in [2.05, 4.69) is 86.5 Å². The Hall–Kier alpha value is -1.98. The van der Waals surface area contributed by atoms with Gasteiger partial charge in [-0.25, -0.2) is 0 Å². The maximum absolute atomic E-state index is 3.63. The maximum Gasteiger partial charge on any atom is 1.00 e. The fraction of sp³-hybridized carbons (Fsp3) is 0.121. The standard InChI is InChI=1S/C16H16.C8H9.C8H8.CH4.3Li/c1-3-9-15(10-4-1)13-7-8-14-16-11-5-2-6-12-16;2*1-2-8-6-4-3-5-7-8;;;;/h1-6,9-14H,7-8H2;2-7H,1H3;2-7H,1H2;1H4;;;/q-2;-1;;;3*+1. The van der Waals surface area contributed by atoms with E-state index in [1.807, 2.05) is 73.7 Å². The summed E-state index contributed by atoms with van der Waals surface area (Å²) in [5.41, 5.74) is 5.08. The van der Waals surface area contributed by atoms with Crippen LogP contribution in [0.3, 0.4) is 0 Å². The van der Waals surface area contributed by atoms with Gasteiger partial charge in [-0.05, 0) is 5.56 Å². The Morgan fingerprint density at radius 3 is 1.08 bits per heavy atom. The molecular weight excluding hydrogens is 417 g/mol. The van der Waals surface area contributed by atoms with Crippen LogP contribution in [0.1, 0.15) is 49.4 Å². The van der Waals surface area contributed by atoms with E-state index < -0.39 is 0 Å². The summed E-state index contributed by atoms with van der Waals surface area (Å²) in [6, 6.07) is 41.3. The van der Waals surface area contributed by atoms with Crippen molar-refractivity contribution in [2.24, 2.45) is 0 Å². The van der Waals surface area contributed by atoms with Crippen LogP contribution in [0.2, 0.25) is 0 Å². The van der Waals surface area contributed by atoms with E-state index in [-0.39, 0.29) is 64.0 Å². The van der Waals surface area contributed by atoms with Crippen molar-refractivity contribution in [3.8, 4) is 0 Å².